The van der Waals surface area contributed by atoms with Crippen LogP contribution in [0.1, 0.15) is 29.6 Å². The number of aromatic nitrogens is 1. The van der Waals surface area contributed by atoms with Gasteiger partial charge in [-0.2, -0.15) is 4.39 Å². The van der Waals surface area contributed by atoms with E-state index in [9.17, 15) is 9.18 Å². The lowest BCUT2D eigenvalue weighted by Gasteiger charge is -2.38. The molecule has 0 radical (unpaired) electrons. The van der Waals surface area contributed by atoms with Gasteiger partial charge in [-0.15, -0.1) is 0 Å². The van der Waals surface area contributed by atoms with E-state index >= 15 is 0 Å². The maximum atomic E-state index is 13.2. The second kappa shape index (κ2) is 5.85. The number of carbonyl (C=O) groups is 1. The van der Waals surface area contributed by atoms with Crippen LogP contribution in [0.25, 0.3) is 0 Å². The van der Waals surface area contributed by atoms with Crippen LogP contribution in [-0.2, 0) is 9.47 Å². The van der Waals surface area contributed by atoms with Crippen molar-refractivity contribution in [2.24, 2.45) is 0 Å². The maximum Gasteiger partial charge on any atom is 0.254 e. The number of likely N-dealkylation sites (tertiary alicyclic amines) is 1. The normalized spacial score (nSPS) is 24.1. The molecule has 2 aliphatic heterocycles. The minimum Gasteiger partial charge on any atom is -0.348 e. The van der Waals surface area contributed by atoms with Gasteiger partial charge in [-0.3, -0.25) is 4.79 Å². The summed E-state index contributed by atoms with van der Waals surface area (Å²) in [5.41, 5.74) is 0.322. The van der Waals surface area contributed by atoms with Crippen LogP contribution in [0.2, 0.25) is 0 Å². The fourth-order valence-electron chi connectivity index (χ4n) is 2.79. The number of hydrogen-bond acceptors (Lipinski definition) is 4. The predicted molar refractivity (Wildman–Crippen MR) is 68.6 cm³/mol. The van der Waals surface area contributed by atoms with E-state index in [1.807, 2.05) is 0 Å². The fraction of sp³-hybridized carbons (Fsp3) is 0.571. The van der Waals surface area contributed by atoms with E-state index in [0.717, 1.165) is 19.3 Å². The van der Waals surface area contributed by atoms with Gasteiger partial charge in [0.1, 0.15) is 0 Å². The Morgan fingerprint density at radius 1 is 1.35 bits per heavy atom. The zero-order valence-corrected chi connectivity index (χ0v) is 11.1. The second-order valence-electron chi connectivity index (χ2n) is 5.04. The minimum atomic E-state index is -0.641. The molecule has 1 unspecified atom stereocenters. The Hall–Kier alpha value is -1.53. The van der Waals surface area contributed by atoms with Crippen LogP contribution in [0.15, 0.2) is 18.3 Å². The summed E-state index contributed by atoms with van der Waals surface area (Å²) >= 11 is 0. The molecule has 0 spiro atoms. The smallest absolute Gasteiger partial charge is 0.254 e. The topological polar surface area (TPSA) is 51.7 Å². The van der Waals surface area contributed by atoms with Crippen LogP contribution in [0.3, 0.4) is 0 Å². The largest absolute Gasteiger partial charge is 0.348 e. The van der Waals surface area contributed by atoms with Gasteiger partial charge in [0, 0.05) is 24.4 Å². The van der Waals surface area contributed by atoms with Gasteiger partial charge in [-0.25, -0.2) is 4.98 Å². The molecular formula is C14H17FN2O3. The van der Waals surface area contributed by atoms with Crippen molar-refractivity contribution in [3.8, 4) is 0 Å². The standard InChI is InChI=1S/C14H17FN2O3/c15-12-9-10(4-5-16-12)13(18)17-6-2-1-3-11(17)14-19-7-8-20-14/h4-5,9,11,14H,1-3,6-8H2. The molecule has 1 atom stereocenters. The number of carbonyl (C=O) groups excluding carboxylic acids is 1. The molecule has 0 aliphatic carbocycles. The van der Waals surface area contributed by atoms with E-state index in [-0.39, 0.29) is 18.2 Å². The van der Waals surface area contributed by atoms with E-state index in [2.05, 4.69) is 4.98 Å². The Morgan fingerprint density at radius 2 is 2.15 bits per heavy atom. The van der Waals surface area contributed by atoms with Gasteiger partial charge in [-0.05, 0) is 25.3 Å². The summed E-state index contributed by atoms with van der Waals surface area (Å²) in [5.74, 6) is -0.826. The number of nitrogens with zero attached hydrogens (tertiary/aromatic N) is 2. The molecule has 5 nitrogen and oxygen atoms in total. The van der Waals surface area contributed by atoms with Crippen molar-refractivity contribution in [3.63, 3.8) is 0 Å². The van der Waals surface area contributed by atoms with Crippen molar-refractivity contribution in [1.29, 1.82) is 0 Å². The summed E-state index contributed by atoms with van der Waals surface area (Å²) in [4.78, 5) is 17.8. The molecule has 20 heavy (non-hydrogen) atoms. The molecule has 3 rings (SSSR count). The first kappa shape index (κ1) is 13.5. The third-order valence-electron chi connectivity index (χ3n) is 3.75. The summed E-state index contributed by atoms with van der Waals surface area (Å²) in [7, 11) is 0. The quantitative estimate of drug-likeness (QED) is 0.772. The van der Waals surface area contributed by atoms with Crippen molar-refractivity contribution in [3.05, 3.63) is 29.8 Å². The molecular weight excluding hydrogens is 263 g/mol. The minimum absolute atomic E-state index is 0.0880. The van der Waals surface area contributed by atoms with Crippen molar-refractivity contribution >= 4 is 5.91 Å². The maximum absolute atomic E-state index is 13.2. The summed E-state index contributed by atoms with van der Waals surface area (Å²) in [6.45, 7) is 1.77. The Kier molecular flexibility index (Phi) is 3.93. The summed E-state index contributed by atoms with van der Waals surface area (Å²) in [6.07, 6.45) is 3.80. The van der Waals surface area contributed by atoms with Gasteiger partial charge < -0.3 is 14.4 Å². The van der Waals surface area contributed by atoms with Crippen molar-refractivity contribution in [2.45, 2.75) is 31.6 Å². The molecule has 2 aliphatic rings. The van der Waals surface area contributed by atoms with Crippen LogP contribution in [0, 0.1) is 5.95 Å². The molecule has 0 N–H and O–H groups in total. The van der Waals surface area contributed by atoms with E-state index in [4.69, 9.17) is 9.47 Å². The van der Waals surface area contributed by atoms with E-state index < -0.39 is 5.95 Å². The molecule has 2 fully saturated rings. The first-order valence-electron chi connectivity index (χ1n) is 6.91. The SMILES string of the molecule is O=C(c1ccnc(F)c1)N1CCCCC1C1OCCO1. The molecule has 0 saturated carbocycles. The number of rotatable bonds is 2. The van der Waals surface area contributed by atoms with Crippen LogP contribution in [-0.4, -0.2) is 47.9 Å². The van der Waals surface area contributed by atoms with Gasteiger partial charge in [0.2, 0.25) is 5.95 Å². The average molecular weight is 280 g/mol. The lowest BCUT2D eigenvalue weighted by molar-refractivity contribution is -0.100. The number of piperidine rings is 1. The van der Waals surface area contributed by atoms with Gasteiger partial charge in [0.05, 0.1) is 19.3 Å². The van der Waals surface area contributed by atoms with Crippen LogP contribution < -0.4 is 0 Å². The number of pyridine rings is 1. The number of halogens is 1. The highest BCUT2D eigenvalue weighted by Crippen LogP contribution is 2.25. The first-order chi connectivity index (χ1) is 9.75. The average Bonchev–Trinajstić information content (AvgIpc) is 3.00. The molecule has 2 saturated heterocycles. The third kappa shape index (κ3) is 2.66. The van der Waals surface area contributed by atoms with Gasteiger partial charge >= 0.3 is 0 Å². The van der Waals surface area contributed by atoms with E-state index in [1.165, 1.54) is 18.3 Å². The second-order valence-corrected chi connectivity index (χ2v) is 5.04. The highest BCUT2D eigenvalue weighted by molar-refractivity contribution is 5.94. The number of ether oxygens (including phenoxy) is 2. The van der Waals surface area contributed by atoms with E-state index in [0.29, 0.717) is 25.3 Å². The van der Waals surface area contributed by atoms with Gasteiger partial charge in [-0.1, -0.05) is 0 Å². The Balaban J connectivity index is 1.80. The molecule has 1 aromatic rings. The van der Waals surface area contributed by atoms with Gasteiger partial charge in [0.15, 0.2) is 6.29 Å². The summed E-state index contributed by atoms with van der Waals surface area (Å²) in [5, 5.41) is 0. The zero-order valence-electron chi connectivity index (χ0n) is 11.1. The highest BCUT2D eigenvalue weighted by atomic mass is 19.1. The molecule has 0 aromatic carbocycles. The molecule has 6 heteroatoms. The van der Waals surface area contributed by atoms with E-state index in [1.54, 1.807) is 4.90 Å². The predicted octanol–water partition coefficient (Wildman–Crippen LogP) is 1.59. The Labute approximate surface area is 116 Å². The Bertz CT molecular complexity index is 491. The third-order valence-corrected chi connectivity index (χ3v) is 3.75. The molecule has 0 bridgehead atoms. The molecule has 108 valence electrons. The van der Waals surface area contributed by atoms with Crippen LogP contribution >= 0.6 is 0 Å². The monoisotopic (exact) mass is 280 g/mol. The van der Waals surface area contributed by atoms with Crippen molar-refractivity contribution in [1.82, 2.24) is 9.88 Å². The summed E-state index contributed by atoms with van der Waals surface area (Å²) in [6, 6.07) is 2.62. The first-order valence-corrected chi connectivity index (χ1v) is 6.91. The van der Waals surface area contributed by atoms with Crippen LogP contribution in [0.4, 0.5) is 4.39 Å². The van der Waals surface area contributed by atoms with Crippen molar-refractivity contribution < 1.29 is 18.7 Å². The van der Waals surface area contributed by atoms with Crippen LogP contribution in [0.5, 0.6) is 0 Å². The fourth-order valence-corrected chi connectivity index (χ4v) is 2.79. The number of hydrogen-bond donors (Lipinski definition) is 0. The lowest BCUT2D eigenvalue weighted by atomic mass is 10.0. The summed E-state index contributed by atoms with van der Waals surface area (Å²) < 4.78 is 24.2. The van der Waals surface area contributed by atoms with Gasteiger partial charge in [0.25, 0.3) is 5.91 Å². The zero-order chi connectivity index (χ0) is 13.9. The molecule has 1 amide bonds. The number of amides is 1. The molecule has 3 heterocycles. The van der Waals surface area contributed by atoms with Crippen molar-refractivity contribution in [2.75, 3.05) is 19.8 Å². The lowest BCUT2D eigenvalue weighted by Crippen LogP contribution is -2.50. The Morgan fingerprint density at radius 3 is 2.90 bits per heavy atom. The highest BCUT2D eigenvalue weighted by Gasteiger charge is 2.36. The molecule has 1 aromatic heterocycles.